The monoisotopic (exact) mass is 338 g/mol. The van der Waals surface area contributed by atoms with E-state index in [-0.39, 0.29) is 0 Å². The van der Waals surface area contributed by atoms with Gasteiger partial charge in [-0.05, 0) is 67.4 Å². The van der Waals surface area contributed by atoms with Crippen molar-refractivity contribution in [3.8, 4) is 0 Å². The molecule has 4 heteroatoms. The average molecular weight is 339 g/mol. The fraction of sp³-hybridized carbons (Fsp3) is 0.611. The average Bonchev–Trinajstić information content (AvgIpc) is 2.47. The van der Waals surface area contributed by atoms with Crippen molar-refractivity contribution < 1.29 is 0 Å². The van der Waals surface area contributed by atoms with E-state index in [0.29, 0.717) is 16.6 Å². The van der Waals surface area contributed by atoms with Gasteiger partial charge in [-0.3, -0.25) is 0 Å². The number of benzene rings is 1. The fourth-order valence-corrected chi connectivity index (χ4v) is 3.70. The first-order valence-corrected chi connectivity index (χ1v) is 9.02. The zero-order valence-electron chi connectivity index (χ0n) is 13.8. The van der Waals surface area contributed by atoms with Gasteiger partial charge in [0, 0.05) is 16.8 Å². The lowest BCUT2D eigenvalue weighted by Crippen LogP contribution is -2.41. The van der Waals surface area contributed by atoms with Crippen LogP contribution in [0.1, 0.15) is 52.9 Å². The molecule has 0 radical (unpaired) electrons. The number of nitrogens with one attached hydrogen (secondary N) is 2. The van der Waals surface area contributed by atoms with Crippen LogP contribution >= 0.6 is 23.8 Å². The van der Waals surface area contributed by atoms with Crippen molar-refractivity contribution in [1.82, 2.24) is 5.32 Å². The largest absolute Gasteiger partial charge is 0.360 e. The summed E-state index contributed by atoms with van der Waals surface area (Å²) in [4.78, 5) is 0. The van der Waals surface area contributed by atoms with E-state index in [4.69, 9.17) is 23.8 Å². The number of hydrogen-bond donors (Lipinski definition) is 2. The first-order chi connectivity index (χ1) is 10.4. The Balaban J connectivity index is 1.80. The van der Waals surface area contributed by atoms with E-state index in [1.165, 1.54) is 32.1 Å². The molecule has 0 amide bonds. The Labute approximate surface area is 145 Å². The van der Waals surface area contributed by atoms with Crippen LogP contribution in [0.4, 0.5) is 5.69 Å². The number of thiocarbonyl (C=S) groups is 1. The van der Waals surface area contributed by atoms with E-state index in [9.17, 15) is 0 Å². The minimum absolute atomic E-state index is 0.463. The second kappa shape index (κ2) is 7.65. The topological polar surface area (TPSA) is 24.1 Å². The van der Waals surface area contributed by atoms with Crippen molar-refractivity contribution >= 4 is 34.6 Å². The molecule has 1 saturated carbocycles. The molecule has 0 unspecified atom stereocenters. The van der Waals surface area contributed by atoms with Gasteiger partial charge in [0.05, 0.1) is 0 Å². The highest BCUT2D eigenvalue weighted by Gasteiger charge is 2.31. The SMILES string of the molecule is CCC(C)(C)C1CCC(NC(=S)Nc2cccc(Cl)c2)CC1. The van der Waals surface area contributed by atoms with Gasteiger partial charge in [0.25, 0.3) is 0 Å². The van der Waals surface area contributed by atoms with Crippen LogP contribution in [0.2, 0.25) is 5.02 Å². The fourth-order valence-electron chi connectivity index (χ4n) is 3.23. The second-order valence-electron chi connectivity index (χ2n) is 7.00. The molecule has 0 heterocycles. The van der Waals surface area contributed by atoms with Gasteiger partial charge in [0.2, 0.25) is 0 Å². The highest BCUT2D eigenvalue weighted by atomic mass is 35.5. The molecule has 1 fully saturated rings. The van der Waals surface area contributed by atoms with Gasteiger partial charge in [-0.2, -0.15) is 0 Å². The van der Waals surface area contributed by atoms with E-state index in [2.05, 4.69) is 31.4 Å². The molecule has 2 rings (SSSR count). The molecule has 0 aromatic heterocycles. The molecular weight excluding hydrogens is 312 g/mol. The standard InChI is InChI=1S/C18H27ClN2S/c1-4-18(2,3)13-8-10-15(11-9-13)20-17(22)21-16-7-5-6-14(19)12-16/h5-7,12-13,15H,4,8-11H2,1-3H3,(H2,20,21,22). The Kier molecular flexibility index (Phi) is 6.10. The first-order valence-electron chi connectivity index (χ1n) is 8.24. The zero-order chi connectivity index (χ0) is 16.2. The second-order valence-corrected chi connectivity index (χ2v) is 7.84. The van der Waals surface area contributed by atoms with Crippen LogP contribution in [0.15, 0.2) is 24.3 Å². The molecule has 1 aliphatic rings. The van der Waals surface area contributed by atoms with E-state index in [1.807, 2.05) is 24.3 Å². The normalized spacial score (nSPS) is 22.2. The van der Waals surface area contributed by atoms with Crippen molar-refractivity contribution in [3.63, 3.8) is 0 Å². The lowest BCUT2D eigenvalue weighted by Gasteiger charge is -2.39. The molecular formula is C18H27ClN2S. The van der Waals surface area contributed by atoms with Gasteiger partial charge in [-0.1, -0.05) is 44.9 Å². The third-order valence-electron chi connectivity index (χ3n) is 5.16. The number of anilines is 1. The molecule has 1 aliphatic carbocycles. The summed E-state index contributed by atoms with van der Waals surface area (Å²) in [6.07, 6.45) is 6.23. The Morgan fingerprint density at radius 2 is 1.95 bits per heavy atom. The lowest BCUT2D eigenvalue weighted by atomic mass is 9.69. The predicted octanol–water partition coefficient (Wildman–Crippen LogP) is 5.62. The number of halogens is 1. The summed E-state index contributed by atoms with van der Waals surface area (Å²) in [6, 6.07) is 8.13. The summed E-state index contributed by atoms with van der Waals surface area (Å²) in [7, 11) is 0. The lowest BCUT2D eigenvalue weighted by molar-refractivity contribution is 0.141. The highest BCUT2D eigenvalue weighted by Crippen LogP contribution is 2.40. The van der Waals surface area contributed by atoms with Crippen LogP contribution in [0.5, 0.6) is 0 Å². The maximum absolute atomic E-state index is 5.99. The van der Waals surface area contributed by atoms with E-state index in [0.717, 1.165) is 16.6 Å². The summed E-state index contributed by atoms with van der Waals surface area (Å²) < 4.78 is 0. The van der Waals surface area contributed by atoms with Crippen LogP contribution in [0.3, 0.4) is 0 Å². The Bertz CT molecular complexity index is 508. The summed E-state index contributed by atoms with van der Waals surface area (Å²) >= 11 is 11.4. The van der Waals surface area contributed by atoms with Crippen LogP contribution in [0, 0.1) is 11.3 Å². The van der Waals surface area contributed by atoms with Crippen LogP contribution in [0.25, 0.3) is 0 Å². The van der Waals surface area contributed by atoms with Gasteiger partial charge in [-0.25, -0.2) is 0 Å². The smallest absolute Gasteiger partial charge is 0.170 e. The Morgan fingerprint density at radius 3 is 2.55 bits per heavy atom. The van der Waals surface area contributed by atoms with Gasteiger partial charge in [-0.15, -0.1) is 0 Å². The molecule has 0 saturated heterocycles. The molecule has 0 spiro atoms. The summed E-state index contributed by atoms with van der Waals surface area (Å²) in [5.41, 5.74) is 1.40. The van der Waals surface area contributed by atoms with Crippen molar-refractivity contribution in [1.29, 1.82) is 0 Å². The molecule has 0 aliphatic heterocycles. The van der Waals surface area contributed by atoms with E-state index in [1.54, 1.807) is 0 Å². The third-order valence-corrected chi connectivity index (χ3v) is 5.62. The van der Waals surface area contributed by atoms with Gasteiger partial charge in [0.15, 0.2) is 5.11 Å². The molecule has 2 N–H and O–H groups in total. The Hall–Kier alpha value is -0.800. The van der Waals surface area contributed by atoms with Crippen molar-refractivity contribution in [2.45, 2.75) is 58.9 Å². The quantitative estimate of drug-likeness (QED) is 0.696. The van der Waals surface area contributed by atoms with Crippen molar-refractivity contribution in [3.05, 3.63) is 29.3 Å². The van der Waals surface area contributed by atoms with E-state index < -0.39 is 0 Å². The number of rotatable bonds is 4. The maximum atomic E-state index is 5.99. The molecule has 22 heavy (non-hydrogen) atoms. The van der Waals surface area contributed by atoms with Crippen LogP contribution in [-0.4, -0.2) is 11.2 Å². The molecule has 1 aromatic rings. The molecule has 0 atom stereocenters. The molecule has 1 aromatic carbocycles. The predicted molar refractivity (Wildman–Crippen MR) is 101 cm³/mol. The number of hydrogen-bond acceptors (Lipinski definition) is 1. The minimum atomic E-state index is 0.463. The zero-order valence-corrected chi connectivity index (χ0v) is 15.4. The van der Waals surface area contributed by atoms with Crippen molar-refractivity contribution in [2.75, 3.05) is 5.32 Å². The van der Waals surface area contributed by atoms with Gasteiger partial charge >= 0.3 is 0 Å². The molecule has 122 valence electrons. The van der Waals surface area contributed by atoms with E-state index >= 15 is 0 Å². The van der Waals surface area contributed by atoms with Crippen LogP contribution in [-0.2, 0) is 0 Å². The Morgan fingerprint density at radius 1 is 1.27 bits per heavy atom. The maximum Gasteiger partial charge on any atom is 0.170 e. The van der Waals surface area contributed by atoms with Crippen molar-refractivity contribution in [2.24, 2.45) is 11.3 Å². The van der Waals surface area contributed by atoms with Gasteiger partial charge < -0.3 is 10.6 Å². The first kappa shape index (κ1) is 17.6. The van der Waals surface area contributed by atoms with Gasteiger partial charge in [0.1, 0.15) is 0 Å². The molecule has 0 bridgehead atoms. The summed E-state index contributed by atoms with van der Waals surface area (Å²) in [5, 5.41) is 8.09. The summed E-state index contributed by atoms with van der Waals surface area (Å²) in [5.74, 6) is 0.838. The summed E-state index contributed by atoms with van der Waals surface area (Å²) in [6.45, 7) is 7.10. The molecule has 2 nitrogen and oxygen atoms in total. The minimum Gasteiger partial charge on any atom is -0.360 e. The highest BCUT2D eigenvalue weighted by molar-refractivity contribution is 7.80. The van der Waals surface area contributed by atoms with Crippen LogP contribution < -0.4 is 10.6 Å². The third kappa shape index (κ3) is 4.85.